The van der Waals surface area contributed by atoms with Crippen LogP contribution in [0.25, 0.3) is 0 Å². The fourth-order valence-corrected chi connectivity index (χ4v) is 1.82. The third-order valence-electron chi connectivity index (χ3n) is 2.45. The van der Waals surface area contributed by atoms with Gasteiger partial charge in [-0.25, -0.2) is 0 Å². The third-order valence-corrected chi connectivity index (χ3v) is 2.73. The second-order valence-electron chi connectivity index (χ2n) is 3.59. The number of aromatic nitrogens is 2. The van der Waals surface area contributed by atoms with Gasteiger partial charge in [0.15, 0.2) is 0 Å². The van der Waals surface area contributed by atoms with Crippen LogP contribution in [0, 0.1) is 13.8 Å². The highest BCUT2D eigenvalue weighted by molar-refractivity contribution is 9.11. The van der Waals surface area contributed by atoms with Crippen molar-refractivity contribution in [2.24, 2.45) is 0 Å². The van der Waals surface area contributed by atoms with Gasteiger partial charge in [-0.05, 0) is 20.8 Å². The predicted molar refractivity (Wildman–Crippen MR) is 67.1 cm³/mol. The Morgan fingerprint density at radius 2 is 2.20 bits per heavy atom. The monoisotopic (exact) mass is 271 g/mol. The molecule has 1 N–H and O–H groups in total. The van der Waals surface area contributed by atoms with Crippen LogP contribution in [-0.2, 0) is 13.1 Å². The van der Waals surface area contributed by atoms with E-state index in [1.807, 2.05) is 4.68 Å². The highest BCUT2D eigenvalue weighted by Gasteiger charge is 2.09. The molecule has 0 fully saturated rings. The van der Waals surface area contributed by atoms with E-state index in [2.05, 4.69) is 53.7 Å². The van der Waals surface area contributed by atoms with Crippen molar-refractivity contribution in [1.82, 2.24) is 15.1 Å². The van der Waals surface area contributed by atoms with Crippen LogP contribution in [0.15, 0.2) is 11.1 Å². The Kier molecular flexibility index (Phi) is 4.54. The maximum absolute atomic E-state index is 4.47. The zero-order valence-electron chi connectivity index (χ0n) is 9.60. The standard InChI is InChI=1S/C11H18BrN3/c1-5-15-10(4)11(9(3)14-15)7-13-6-8(2)12/h13H,2,5-7H2,1,3-4H3. The SMILES string of the molecule is C=C(Br)CNCc1c(C)nn(CC)c1C. The molecule has 0 bridgehead atoms. The van der Waals surface area contributed by atoms with Gasteiger partial charge in [0.1, 0.15) is 0 Å². The molecule has 0 aliphatic carbocycles. The van der Waals surface area contributed by atoms with Crippen LogP contribution in [0.3, 0.4) is 0 Å². The minimum absolute atomic E-state index is 0.788. The lowest BCUT2D eigenvalue weighted by molar-refractivity contribution is 0.632. The normalized spacial score (nSPS) is 10.7. The summed E-state index contributed by atoms with van der Waals surface area (Å²) in [5.74, 6) is 0. The lowest BCUT2D eigenvalue weighted by Crippen LogP contribution is -2.15. The first-order chi connectivity index (χ1) is 7.06. The fraction of sp³-hybridized carbons (Fsp3) is 0.545. The number of nitrogens with one attached hydrogen (secondary N) is 1. The largest absolute Gasteiger partial charge is 0.308 e. The molecule has 0 amide bonds. The van der Waals surface area contributed by atoms with Gasteiger partial charge < -0.3 is 5.32 Å². The Hall–Kier alpha value is -0.610. The zero-order valence-corrected chi connectivity index (χ0v) is 11.2. The Morgan fingerprint density at radius 1 is 1.53 bits per heavy atom. The molecular weight excluding hydrogens is 254 g/mol. The zero-order chi connectivity index (χ0) is 11.4. The van der Waals surface area contributed by atoms with Crippen molar-refractivity contribution in [2.45, 2.75) is 33.9 Å². The molecule has 0 saturated heterocycles. The maximum Gasteiger partial charge on any atom is 0.0641 e. The lowest BCUT2D eigenvalue weighted by atomic mass is 10.2. The van der Waals surface area contributed by atoms with E-state index in [9.17, 15) is 0 Å². The fourth-order valence-electron chi connectivity index (χ4n) is 1.62. The molecule has 0 atom stereocenters. The molecule has 1 aromatic heterocycles. The summed E-state index contributed by atoms with van der Waals surface area (Å²) in [5, 5.41) is 7.79. The second kappa shape index (κ2) is 5.47. The van der Waals surface area contributed by atoms with Gasteiger partial charge in [0, 0.05) is 35.4 Å². The lowest BCUT2D eigenvalue weighted by Gasteiger charge is -2.04. The van der Waals surface area contributed by atoms with Crippen LogP contribution in [0.2, 0.25) is 0 Å². The first-order valence-corrected chi connectivity index (χ1v) is 5.92. The average Bonchev–Trinajstić information content (AvgIpc) is 2.44. The van der Waals surface area contributed by atoms with Gasteiger partial charge in [-0.1, -0.05) is 22.5 Å². The van der Waals surface area contributed by atoms with E-state index in [1.165, 1.54) is 11.3 Å². The molecule has 0 aromatic carbocycles. The van der Waals surface area contributed by atoms with Crippen LogP contribution >= 0.6 is 15.9 Å². The molecule has 0 unspecified atom stereocenters. The van der Waals surface area contributed by atoms with Crippen LogP contribution in [-0.4, -0.2) is 16.3 Å². The molecule has 0 aliphatic heterocycles. The van der Waals surface area contributed by atoms with E-state index in [4.69, 9.17) is 0 Å². The molecule has 0 spiro atoms. The summed E-state index contributed by atoms with van der Waals surface area (Å²) in [6, 6.07) is 0. The number of nitrogens with zero attached hydrogens (tertiary/aromatic N) is 2. The van der Waals surface area contributed by atoms with Gasteiger partial charge in [-0.2, -0.15) is 5.10 Å². The number of hydrogen-bond acceptors (Lipinski definition) is 2. The number of halogens is 1. The highest BCUT2D eigenvalue weighted by atomic mass is 79.9. The van der Waals surface area contributed by atoms with Crippen molar-refractivity contribution in [1.29, 1.82) is 0 Å². The first kappa shape index (κ1) is 12.5. The van der Waals surface area contributed by atoms with E-state index in [1.54, 1.807) is 0 Å². The Bertz CT molecular complexity index is 355. The van der Waals surface area contributed by atoms with Crippen molar-refractivity contribution >= 4 is 15.9 Å². The molecule has 84 valence electrons. The molecule has 15 heavy (non-hydrogen) atoms. The maximum atomic E-state index is 4.47. The number of rotatable bonds is 5. The summed E-state index contributed by atoms with van der Waals surface area (Å²) < 4.78 is 3.01. The summed E-state index contributed by atoms with van der Waals surface area (Å²) in [6.45, 7) is 12.6. The summed E-state index contributed by atoms with van der Waals surface area (Å²) in [6.07, 6.45) is 0. The summed E-state index contributed by atoms with van der Waals surface area (Å²) >= 11 is 3.33. The van der Waals surface area contributed by atoms with Gasteiger partial charge in [-0.3, -0.25) is 4.68 Å². The molecule has 1 aromatic rings. The van der Waals surface area contributed by atoms with Crippen molar-refractivity contribution in [3.05, 3.63) is 28.0 Å². The van der Waals surface area contributed by atoms with Gasteiger partial charge >= 0.3 is 0 Å². The number of aryl methyl sites for hydroxylation is 2. The summed E-state index contributed by atoms with van der Waals surface area (Å²) in [4.78, 5) is 0. The minimum atomic E-state index is 0.788. The molecule has 0 radical (unpaired) electrons. The average molecular weight is 272 g/mol. The molecule has 1 heterocycles. The molecule has 1 rings (SSSR count). The van der Waals surface area contributed by atoms with Crippen LogP contribution in [0.1, 0.15) is 23.9 Å². The second-order valence-corrected chi connectivity index (χ2v) is 4.71. The smallest absolute Gasteiger partial charge is 0.0641 e. The highest BCUT2D eigenvalue weighted by Crippen LogP contribution is 2.12. The molecule has 0 aliphatic rings. The molecule has 3 nitrogen and oxygen atoms in total. The Labute approximate surface area is 99.7 Å². The van der Waals surface area contributed by atoms with Gasteiger partial charge in [0.05, 0.1) is 5.69 Å². The Balaban J connectivity index is 2.68. The van der Waals surface area contributed by atoms with E-state index in [-0.39, 0.29) is 0 Å². The van der Waals surface area contributed by atoms with E-state index in [0.29, 0.717) is 0 Å². The molecule has 0 saturated carbocycles. The van der Waals surface area contributed by atoms with Crippen molar-refractivity contribution < 1.29 is 0 Å². The van der Waals surface area contributed by atoms with Gasteiger partial charge in [-0.15, -0.1) is 0 Å². The quantitative estimate of drug-likeness (QED) is 0.892. The number of hydrogen-bond donors (Lipinski definition) is 1. The van der Waals surface area contributed by atoms with Crippen LogP contribution < -0.4 is 5.32 Å². The summed E-state index contributed by atoms with van der Waals surface area (Å²) in [5.41, 5.74) is 3.66. The van der Waals surface area contributed by atoms with Gasteiger partial charge in [0.25, 0.3) is 0 Å². The first-order valence-electron chi connectivity index (χ1n) is 5.13. The van der Waals surface area contributed by atoms with E-state index >= 15 is 0 Å². The van der Waals surface area contributed by atoms with Crippen LogP contribution in [0.4, 0.5) is 0 Å². The predicted octanol–water partition coefficient (Wildman–Crippen LogP) is 2.52. The Morgan fingerprint density at radius 3 is 2.67 bits per heavy atom. The van der Waals surface area contributed by atoms with Crippen molar-refractivity contribution in [2.75, 3.05) is 6.54 Å². The topological polar surface area (TPSA) is 29.9 Å². The van der Waals surface area contributed by atoms with Gasteiger partial charge in [0.2, 0.25) is 0 Å². The van der Waals surface area contributed by atoms with Crippen molar-refractivity contribution in [3.8, 4) is 0 Å². The van der Waals surface area contributed by atoms with Crippen LogP contribution in [0.5, 0.6) is 0 Å². The van der Waals surface area contributed by atoms with E-state index in [0.717, 1.165) is 29.8 Å². The molecular formula is C11H18BrN3. The molecule has 4 heteroatoms. The van der Waals surface area contributed by atoms with Crippen molar-refractivity contribution in [3.63, 3.8) is 0 Å². The third kappa shape index (κ3) is 3.18. The van der Waals surface area contributed by atoms with E-state index < -0.39 is 0 Å². The summed E-state index contributed by atoms with van der Waals surface area (Å²) in [7, 11) is 0. The minimum Gasteiger partial charge on any atom is -0.308 e.